The Bertz CT molecular complexity index is 1170. The molecule has 0 aliphatic carbocycles. The number of carbonyl (C=O) groups excluding carboxylic acids is 1. The fraction of sp³-hybridized carbons (Fsp3) is 0.286. The highest BCUT2D eigenvalue weighted by atomic mass is 32.2. The fourth-order valence-corrected chi connectivity index (χ4v) is 4.58. The lowest BCUT2D eigenvalue weighted by Crippen LogP contribution is -2.43. The molecular weight excluding hydrogens is 408 g/mol. The Kier molecular flexibility index (Phi) is 5.65. The first-order valence-corrected chi connectivity index (χ1v) is 11.1. The van der Waals surface area contributed by atoms with Crippen LogP contribution in [0.4, 0.5) is 0 Å². The van der Waals surface area contributed by atoms with E-state index in [0.29, 0.717) is 24.7 Å². The molecule has 0 unspecified atom stereocenters. The fourth-order valence-electron chi connectivity index (χ4n) is 3.38. The van der Waals surface area contributed by atoms with Crippen molar-refractivity contribution < 1.29 is 27.4 Å². The van der Waals surface area contributed by atoms with Gasteiger partial charge in [-0.2, -0.15) is 4.72 Å². The predicted octanol–water partition coefficient (Wildman–Crippen LogP) is 2.39. The predicted molar refractivity (Wildman–Crippen MR) is 110 cm³/mol. The number of aromatic amines is 1. The molecule has 9 heteroatoms. The van der Waals surface area contributed by atoms with Crippen molar-refractivity contribution >= 4 is 26.9 Å². The molecule has 1 aliphatic rings. The molecule has 8 nitrogen and oxygen atoms in total. The Balaban J connectivity index is 1.62. The minimum Gasteiger partial charge on any atom is -0.486 e. The van der Waals surface area contributed by atoms with Crippen LogP contribution in [0.5, 0.6) is 11.5 Å². The number of H-pyrrole nitrogens is 1. The summed E-state index contributed by atoms with van der Waals surface area (Å²) in [5.74, 6) is 0.207. The Morgan fingerprint density at radius 2 is 1.93 bits per heavy atom. The van der Waals surface area contributed by atoms with Gasteiger partial charge in [-0.15, -0.1) is 0 Å². The summed E-state index contributed by atoms with van der Waals surface area (Å²) in [6.45, 7) is 2.58. The van der Waals surface area contributed by atoms with Crippen molar-refractivity contribution in [1.82, 2.24) is 9.71 Å². The van der Waals surface area contributed by atoms with Gasteiger partial charge in [0.25, 0.3) is 0 Å². The molecule has 1 aromatic heterocycles. The first-order chi connectivity index (χ1) is 14.5. The van der Waals surface area contributed by atoms with E-state index in [0.717, 1.165) is 16.5 Å². The topological polar surface area (TPSA) is 107 Å². The summed E-state index contributed by atoms with van der Waals surface area (Å²) in [5, 5.41) is 0.922. The number of aromatic nitrogens is 1. The third kappa shape index (κ3) is 4.12. The van der Waals surface area contributed by atoms with Gasteiger partial charge in [0.15, 0.2) is 11.5 Å². The van der Waals surface area contributed by atoms with Gasteiger partial charge in [-0.25, -0.2) is 8.42 Å². The van der Waals surface area contributed by atoms with Gasteiger partial charge in [-0.3, -0.25) is 4.79 Å². The number of hydrogen-bond donors (Lipinski definition) is 2. The molecule has 0 radical (unpaired) electrons. The van der Waals surface area contributed by atoms with Crippen molar-refractivity contribution in [1.29, 1.82) is 0 Å². The van der Waals surface area contributed by atoms with Gasteiger partial charge in [-0.05, 0) is 30.7 Å². The molecule has 30 heavy (non-hydrogen) atoms. The van der Waals surface area contributed by atoms with Gasteiger partial charge in [0.2, 0.25) is 10.0 Å². The molecule has 2 aromatic carbocycles. The average Bonchev–Trinajstić information content (AvgIpc) is 3.16. The van der Waals surface area contributed by atoms with E-state index in [1.807, 2.05) is 24.3 Å². The van der Waals surface area contributed by atoms with Crippen LogP contribution in [0.3, 0.4) is 0 Å². The summed E-state index contributed by atoms with van der Waals surface area (Å²) < 4.78 is 44.5. The smallest absolute Gasteiger partial charge is 0.324 e. The molecule has 0 fully saturated rings. The SMILES string of the molecule is CCOC(=O)[C@H](Cc1c[nH]c2ccccc12)NS(=O)(=O)c1ccc2c(c1)OCCO2. The van der Waals surface area contributed by atoms with Crippen LogP contribution >= 0.6 is 0 Å². The van der Waals surface area contributed by atoms with Crippen LogP contribution in [-0.4, -0.2) is 45.2 Å². The van der Waals surface area contributed by atoms with Gasteiger partial charge in [0.05, 0.1) is 11.5 Å². The largest absolute Gasteiger partial charge is 0.486 e. The normalized spacial score (nSPS) is 14.4. The first kappa shape index (κ1) is 20.2. The van der Waals surface area contributed by atoms with Gasteiger partial charge < -0.3 is 19.2 Å². The highest BCUT2D eigenvalue weighted by Crippen LogP contribution is 2.32. The van der Waals surface area contributed by atoms with E-state index >= 15 is 0 Å². The summed E-state index contributed by atoms with van der Waals surface area (Å²) >= 11 is 0. The van der Waals surface area contributed by atoms with Crippen LogP contribution in [0.15, 0.2) is 53.6 Å². The van der Waals surface area contributed by atoms with Crippen LogP contribution in [0.1, 0.15) is 12.5 Å². The molecule has 1 aliphatic heterocycles. The third-order valence-corrected chi connectivity index (χ3v) is 6.26. The van der Waals surface area contributed by atoms with E-state index in [9.17, 15) is 13.2 Å². The lowest BCUT2D eigenvalue weighted by Gasteiger charge is -2.20. The van der Waals surface area contributed by atoms with E-state index in [4.69, 9.17) is 14.2 Å². The zero-order valence-corrected chi connectivity index (χ0v) is 17.2. The number of esters is 1. The maximum atomic E-state index is 13.0. The third-order valence-electron chi connectivity index (χ3n) is 4.79. The monoisotopic (exact) mass is 430 g/mol. The van der Waals surface area contributed by atoms with Gasteiger partial charge in [-0.1, -0.05) is 18.2 Å². The molecule has 2 heterocycles. The number of rotatable bonds is 7. The number of nitrogens with one attached hydrogen (secondary N) is 2. The molecule has 0 amide bonds. The Morgan fingerprint density at radius 1 is 1.17 bits per heavy atom. The minimum atomic E-state index is -4.01. The second-order valence-corrected chi connectivity index (χ2v) is 8.51. The lowest BCUT2D eigenvalue weighted by molar-refractivity contribution is -0.145. The van der Waals surface area contributed by atoms with Gasteiger partial charge in [0.1, 0.15) is 19.3 Å². The first-order valence-electron chi connectivity index (χ1n) is 9.61. The molecule has 4 rings (SSSR count). The van der Waals surface area contributed by atoms with Crippen molar-refractivity contribution in [3.8, 4) is 11.5 Å². The van der Waals surface area contributed by atoms with Crippen molar-refractivity contribution in [2.24, 2.45) is 0 Å². The molecular formula is C21H22N2O6S. The Hall–Kier alpha value is -3.04. The van der Waals surface area contributed by atoms with Crippen LogP contribution in [0.2, 0.25) is 0 Å². The van der Waals surface area contributed by atoms with E-state index in [1.54, 1.807) is 19.2 Å². The van der Waals surface area contributed by atoms with Crippen LogP contribution in [0.25, 0.3) is 10.9 Å². The Morgan fingerprint density at radius 3 is 2.73 bits per heavy atom. The van der Waals surface area contributed by atoms with E-state index in [2.05, 4.69) is 9.71 Å². The van der Waals surface area contributed by atoms with Crippen molar-refractivity contribution in [3.05, 3.63) is 54.2 Å². The Labute approximate surface area is 174 Å². The quantitative estimate of drug-likeness (QED) is 0.558. The number of sulfonamides is 1. The average molecular weight is 430 g/mol. The summed E-state index contributed by atoms with van der Waals surface area (Å²) in [4.78, 5) is 15.7. The molecule has 3 aromatic rings. The lowest BCUT2D eigenvalue weighted by atomic mass is 10.1. The number of fused-ring (bicyclic) bond motifs is 2. The molecule has 0 spiro atoms. The number of ether oxygens (including phenoxy) is 3. The molecule has 1 atom stereocenters. The molecule has 0 bridgehead atoms. The van der Waals surface area contributed by atoms with Crippen LogP contribution < -0.4 is 14.2 Å². The van der Waals surface area contributed by atoms with Gasteiger partial charge in [0, 0.05) is 29.6 Å². The van der Waals surface area contributed by atoms with E-state index < -0.39 is 22.0 Å². The summed E-state index contributed by atoms with van der Waals surface area (Å²) in [6.07, 6.45) is 1.92. The van der Waals surface area contributed by atoms with Crippen LogP contribution in [0, 0.1) is 0 Å². The molecule has 0 saturated heterocycles. The molecule has 0 saturated carbocycles. The molecule has 2 N–H and O–H groups in total. The van der Waals surface area contributed by atoms with Gasteiger partial charge >= 0.3 is 5.97 Å². The molecule has 158 valence electrons. The maximum Gasteiger partial charge on any atom is 0.324 e. The number of carbonyl (C=O) groups is 1. The minimum absolute atomic E-state index is 0.0139. The number of benzene rings is 2. The standard InChI is InChI=1S/C21H22N2O6S/c1-2-27-21(24)18(11-14-13-22-17-6-4-3-5-16(14)17)23-30(25,26)15-7-8-19-20(12-15)29-10-9-28-19/h3-8,12-13,18,22-23H,2,9-11H2,1H3/t18-/m0/s1. The van der Waals surface area contributed by atoms with Crippen LogP contribution in [-0.2, 0) is 26.0 Å². The highest BCUT2D eigenvalue weighted by molar-refractivity contribution is 7.89. The highest BCUT2D eigenvalue weighted by Gasteiger charge is 2.29. The zero-order chi connectivity index (χ0) is 21.1. The summed E-state index contributed by atoms with van der Waals surface area (Å²) in [5.41, 5.74) is 1.72. The second kappa shape index (κ2) is 8.37. The number of para-hydroxylation sites is 1. The van der Waals surface area contributed by atoms with Crippen molar-refractivity contribution in [3.63, 3.8) is 0 Å². The zero-order valence-electron chi connectivity index (χ0n) is 16.4. The summed E-state index contributed by atoms with van der Waals surface area (Å²) in [7, 11) is -4.01. The maximum absolute atomic E-state index is 13.0. The number of hydrogen-bond acceptors (Lipinski definition) is 6. The van der Waals surface area contributed by atoms with Crippen molar-refractivity contribution in [2.45, 2.75) is 24.3 Å². The van der Waals surface area contributed by atoms with E-state index in [-0.39, 0.29) is 17.9 Å². The second-order valence-electron chi connectivity index (χ2n) is 6.80. The van der Waals surface area contributed by atoms with Crippen molar-refractivity contribution in [2.75, 3.05) is 19.8 Å². The van der Waals surface area contributed by atoms with E-state index in [1.165, 1.54) is 12.1 Å². The summed E-state index contributed by atoms with van der Waals surface area (Å²) in [6, 6.07) is 10.9.